The molecule has 76 valence electrons. The van der Waals surface area contributed by atoms with Crippen LogP contribution in [0.5, 0.6) is 0 Å². The second-order valence-electron chi connectivity index (χ2n) is 4.33. The molecule has 1 heterocycles. The number of nitrogens with zero attached hydrogens (tertiary/aromatic N) is 1. The van der Waals surface area contributed by atoms with Gasteiger partial charge in [0.25, 0.3) is 0 Å². The van der Waals surface area contributed by atoms with Crippen molar-refractivity contribution in [2.24, 2.45) is 5.41 Å². The molecule has 1 saturated heterocycles. The Kier molecular flexibility index (Phi) is 2.93. The zero-order chi connectivity index (χ0) is 10.1. The van der Waals surface area contributed by atoms with Gasteiger partial charge >= 0.3 is 5.97 Å². The molecule has 1 fully saturated rings. The number of carboxylic acid groups (broad SMARTS) is 1. The molecule has 0 spiro atoms. The van der Waals surface area contributed by atoms with Crippen LogP contribution in [0.4, 0.5) is 0 Å². The van der Waals surface area contributed by atoms with E-state index in [2.05, 4.69) is 13.8 Å². The van der Waals surface area contributed by atoms with Gasteiger partial charge < -0.3 is 9.84 Å². The van der Waals surface area contributed by atoms with Gasteiger partial charge in [-0.15, -0.1) is 0 Å². The summed E-state index contributed by atoms with van der Waals surface area (Å²) in [6.45, 7) is 5.63. The average molecular weight is 187 g/mol. The van der Waals surface area contributed by atoms with Crippen LogP contribution in [0.25, 0.3) is 0 Å². The zero-order valence-corrected chi connectivity index (χ0v) is 8.41. The van der Waals surface area contributed by atoms with Crippen molar-refractivity contribution in [1.82, 2.24) is 4.90 Å². The van der Waals surface area contributed by atoms with Crippen molar-refractivity contribution >= 4 is 5.97 Å². The Balaban J connectivity index is 2.55. The fourth-order valence-corrected chi connectivity index (χ4v) is 1.80. The molecule has 0 aromatic rings. The first kappa shape index (κ1) is 10.5. The van der Waals surface area contributed by atoms with E-state index in [9.17, 15) is 4.79 Å². The van der Waals surface area contributed by atoms with Gasteiger partial charge in [0.05, 0.1) is 19.8 Å². The average Bonchev–Trinajstić information content (AvgIpc) is 2.27. The maximum absolute atomic E-state index is 10.5. The summed E-state index contributed by atoms with van der Waals surface area (Å²) >= 11 is 0. The number of hydrogen-bond donors (Lipinski definition) is 1. The summed E-state index contributed by atoms with van der Waals surface area (Å²) in [5.74, 6) is -0.787. The normalized spacial score (nSPS) is 26.6. The Morgan fingerprint density at radius 3 is 2.69 bits per heavy atom. The maximum Gasteiger partial charge on any atom is 0.317 e. The van der Waals surface area contributed by atoms with Crippen LogP contribution < -0.4 is 0 Å². The molecule has 0 aromatic heterocycles. The third kappa shape index (κ3) is 2.42. The summed E-state index contributed by atoms with van der Waals surface area (Å²) in [5, 5.41) is 8.63. The third-order valence-electron chi connectivity index (χ3n) is 2.57. The van der Waals surface area contributed by atoms with Crippen molar-refractivity contribution < 1.29 is 14.6 Å². The highest BCUT2D eigenvalue weighted by atomic mass is 16.5. The van der Waals surface area contributed by atoms with Gasteiger partial charge in [-0.05, 0) is 7.05 Å². The van der Waals surface area contributed by atoms with Gasteiger partial charge in [0, 0.05) is 11.5 Å². The van der Waals surface area contributed by atoms with Crippen LogP contribution in [0.2, 0.25) is 0 Å². The SMILES string of the molecule is CN(CC(=O)O)C1COCC1(C)C. The van der Waals surface area contributed by atoms with Crippen LogP contribution in [0.15, 0.2) is 0 Å². The molecule has 1 aliphatic rings. The van der Waals surface area contributed by atoms with Crippen molar-refractivity contribution in [3.05, 3.63) is 0 Å². The van der Waals surface area contributed by atoms with Gasteiger partial charge in [0.15, 0.2) is 0 Å². The summed E-state index contributed by atoms with van der Waals surface area (Å²) < 4.78 is 5.34. The minimum Gasteiger partial charge on any atom is -0.480 e. The van der Waals surface area contributed by atoms with E-state index in [-0.39, 0.29) is 18.0 Å². The Bertz CT molecular complexity index is 203. The van der Waals surface area contributed by atoms with Crippen molar-refractivity contribution in [2.75, 3.05) is 26.8 Å². The highest BCUT2D eigenvalue weighted by Gasteiger charge is 2.38. The van der Waals surface area contributed by atoms with Crippen molar-refractivity contribution in [3.63, 3.8) is 0 Å². The summed E-state index contributed by atoms with van der Waals surface area (Å²) in [5.41, 5.74) is 0.0597. The lowest BCUT2D eigenvalue weighted by molar-refractivity contribution is -0.138. The molecule has 0 aliphatic carbocycles. The van der Waals surface area contributed by atoms with E-state index in [0.29, 0.717) is 13.2 Å². The monoisotopic (exact) mass is 187 g/mol. The molecule has 0 radical (unpaired) electrons. The number of aliphatic carboxylic acids is 1. The molecular formula is C9H17NO3. The lowest BCUT2D eigenvalue weighted by atomic mass is 9.87. The number of rotatable bonds is 3. The molecule has 4 nitrogen and oxygen atoms in total. The number of hydrogen-bond acceptors (Lipinski definition) is 3. The van der Waals surface area contributed by atoms with E-state index in [1.165, 1.54) is 0 Å². The van der Waals surface area contributed by atoms with E-state index in [4.69, 9.17) is 9.84 Å². The van der Waals surface area contributed by atoms with Gasteiger partial charge in [-0.3, -0.25) is 9.69 Å². The highest BCUT2D eigenvalue weighted by molar-refractivity contribution is 5.69. The molecule has 0 aromatic carbocycles. The van der Waals surface area contributed by atoms with Gasteiger partial charge in [-0.2, -0.15) is 0 Å². The molecule has 1 aliphatic heterocycles. The van der Waals surface area contributed by atoms with E-state index in [1.54, 1.807) is 0 Å². The Morgan fingerprint density at radius 2 is 2.31 bits per heavy atom. The van der Waals surface area contributed by atoms with Crippen LogP contribution in [-0.4, -0.2) is 48.8 Å². The lowest BCUT2D eigenvalue weighted by Crippen LogP contribution is -2.44. The Hall–Kier alpha value is -0.610. The number of carbonyl (C=O) groups is 1. The first-order valence-corrected chi connectivity index (χ1v) is 4.43. The second kappa shape index (κ2) is 3.64. The van der Waals surface area contributed by atoms with Gasteiger partial charge in [-0.1, -0.05) is 13.8 Å². The van der Waals surface area contributed by atoms with Gasteiger partial charge in [-0.25, -0.2) is 0 Å². The third-order valence-corrected chi connectivity index (χ3v) is 2.57. The molecule has 0 amide bonds. The molecule has 1 atom stereocenters. The number of carboxylic acids is 1. The van der Waals surface area contributed by atoms with Crippen LogP contribution in [0.3, 0.4) is 0 Å². The van der Waals surface area contributed by atoms with Crippen molar-refractivity contribution in [2.45, 2.75) is 19.9 Å². The largest absolute Gasteiger partial charge is 0.480 e. The van der Waals surface area contributed by atoms with Gasteiger partial charge in [0.2, 0.25) is 0 Å². The van der Waals surface area contributed by atoms with E-state index in [1.807, 2.05) is 11.9 Å². The fourth-order valence-electron chi connectivity index (χ4n) is 1.80. The van der Waals surface area contributed by atoms with E-state index in [0.717, 1.165) is 0 Å². The number of ether oxygens (including phenoxy) is 1. The summed E-state index contributed by atoms with van der Waals surface area (Å²) in [7, 11) is 1.83. The summed E-state index contributed by atoms with van der Waals surface area (Å²) in [6.07, 6.45) is 0. The van der Waals surface area contributed by atoms with Crippen LogP contribution >= 0.6 is 0 Å². The smallest absolute Gasteiger partial charge is 0.317 e. The van der Waals surface area contributed by atoms with Crippen LogP contribution in [0, 0.1) is 5.41 Å². The van der Waals surface area contributed by atoms with Gasteiger partial charge in [0.1, 0.15) is 0 Å². The lowest BCUT2D eigenvalue weighted by Gasteiger charge is -2.31. The first-order chi connectivity index (χ1) is 5.93. The topological polar surface area (TPSA) is 49.8 Å². The van der Waals surface area contributed by atoms with Crippen LogP contribution in [0.1, 0.15) is 13.8 Å². The quantitative estimate of drug-likeness (QED) is 0.696. The first-order valence-electron chi connectivity index (χ1n) is 4.43. The maximum atomic E-state index is 10.5. The predicted molar refractivity (Wildman–Crippen MR) is 48.7 cm³/mol. The molecule has 13 heavy (non-hydrogen) atoms. The van der Waals surface area contributed by atoms with Crippen molar-refractivity contribution in [3.8, 4) is 0 Å². The minimum atomic E-state index is -0.787. The molecule has 4 heteroatoms. The predicted octanol–water partition coefficient (Wildman–Crippen LogP) is 0.428. The standard InChI is InChI=1S/C9H17NO3/c1-9(2)6-13-5-7(9)10(3)4-8(11)12/h7H,4-6H2,1-3H3,(H,11,12). The fraction of sp³-hybridized carbons (Fsp3) is 0.889. The molecule has 1 N–H and O–H groups in total. The Labute approximate surface area is 78.5 Å². The summed E-state index contributed by atoms with van der Waals surface area (Å²) in [6, 6.07) is 0.212. The highest BCUT2D eigenvalue weighted by Crippen LogP contribution is 2.30. The minimum absolute atomic E-state index is 0.0597. The summed E-state index contributed by atoms with van der Waals surface area (Å²) in [4.78, 5) is 12.3. The molecule has 1 unspecified atom stereocenters. The molecule has 1 rings (SSSR count). The van der Waals surface area contributed by atoms with Crippen LogP contribution in [-0.2, 0) is 9.53 Å². The van der Waals surface area contributed by atoms with E-state index < -0.39 is 5.97 Å². The Morgan fingerprint density at radius 1 is 1.69 bits per heavy atom. The molecular weight excluding hydrogens is 170 g/mol. The second-order valence-corrected chi connectivity index (χ2v) is 4.33. The van der Waals surface area contributed by atoms with E-state index >= 15 is 0 Å². The molecule has 0 saturated carbocycles. The van der Waals surface area contributed by atoms with Crippen molar-refractivity contribution in [1.29, 1.82) is 0 Å². The molecule has 0 bridgehead atoms. The zero-order valence-electron chi connectivity index (χ0n) is 8.41. The number of likely N-dealkylation sites (N-methyl/N-ethyl adjacent to an activating group) is 1.